The lowest BCUT2D eigenvalue weighted by Gasteiger charge is -2.16. The Morgan fingerprint density at radius 1 is 1.14 bits per heavy atom. The van der Waals surface area contributed by atoms with E-state index in [4.69, 9.17) is 4.42 Å². The van der Waals surface area contributed by atoms with Gasteiger partial charge in [-0.05, 0) is 69.5 Å². The van der Waals surface area contributed by atoms with Gasteiger partial charge in [0, 0.05) is 17.2 Å². The number of benzene rings is 2. The van der Waals surface area contributed by atoms with Gasteiger partial charge in [0.2, 0.25) is 11.8 Å². The number of nitrogens with zero attached hydrogens (tertiary/aromatic N) is 2. The van der Waals surface area contributed by atoms with Crippen LogP contribution in [-0.4, -0.2) is 16.0 Å². The molecule has 0 spiro atoms. The van der Waals surface area contributed by atoms with Gasteiger partial charge in [0.25, 0.3) is 0 Å². The van der Waals surface area contributed by atoms with Gasteiger partial charge in [-0.25, -0.2) is 4.39 Å². The van der Waals surface area contributed by atoms with E-state index >= 15 is 0 Å². The number of halogens is 1. The van der Waals surface area contributed by atoms with Crippen molar-refractivity contribution in [1.82, 2.24) is 10.2 Å². The van der Waals surface area contributed by atoms with E-state index in [0.29, 0.717) is 34.4 Å². The molecule has 0 bridgehead atoms. The quantitative estimate of drug-likeness (QED) is 0.551. The van der Waals surface area contributed by atoms with E-state index in [0.717, 1.165) is 24.2 Å². The monoisotopic (exact) mass is 379 g/mol. The molecule has 144 valence electrons. The van der Waals surface area contributed by atoms with Gasteiger partial charge in [-0.2, -0.15) is 0 Å². The molecule has 0 radical (unpaired) electrons. The molecule has 1 N–H and O–H groups in total. The summed E-state index contributed by atoms with van der Waals surface area (Å²) in [6.45, 7) is 4.58. The molecule has 1 fully saturated rings. The zero-order chi connectivity index (χ0) is 19.9. The molecule has 0 unspecified atom stereocenters. The van der Waals surface area contributed by atoms with Crippen molar-refractivity contribution >= 4 is 17.2 Å². The number of ketones is 1. The highest BCUT2D eigenvalue weighted by Crippen LogP contribution is 2.41. The summed E-state index contributed by atoms with van der Waals surface area (Å²) in [6, 6.07) is 12.5. The molecule has 28 heavy (non-hydrogen) atoms. The molecule has 5 nitrogen and oxygen atoms in total. The van der Waals surface area contributed by atoms with E-state index in [1.165, 1.54) is 20.8 Å². The van der Waals surface area contributed by atoms with Crippen molar-refractivity contribution in [2.45, 2.75) is 45.2 Å². The first-order chi connectivity index (χ1) is 13.3. The van der Waals surface area contributed by atoms with Crippen LogP contribution < -0.4 is 5.32 Å². The minimum Gasteiger partial charge on any atom is -0.420 e. The van der Waals surface area contributed by atoms with Crippen LogP contribution in [0, 0.1) is 0 Å². The van der Waals surface area contributed by atoms with E-state index in [2.05, 4.69) is 15.5 Å². The maximum absolute atomic E-state index is 14.1. The van der Waals surface area contributed by atoms with Gasteiger partial charge in [0.05, 0.1) is 11.3 Å². The highest BCUT2D eigenvalue weighted by molar-refractivity contribution is 5.96. The van der Waals surface area contributed by atoms with E-state index in [9.17, 15) is 9.18 Å². The lowest BCUT2D eigenvalue weighted by Crippen LogP contribution is -2.08. The lowest BCUT2D eigenvalue weighted by molar-refractivity contribution is 0.101. The number of anilines is 2. The number of carbonyl (C=O) groups excluding carboxylic acids is 1. The zero-order valence-electron chi connectivity index (χ0n) is 16.1. The van der Waals surface area contributed by atoms with Crippen molar-refractivity contribution in [3.8, 4) is 11.5 Å². The van der Waals surface area contributed by atoms with Crippen molar-refractivity contribution in [2.24, 2.45) is 0 Å². The maximum atomic E-state index is 14.1. The van der Waals surface area contributed by atoms with Crippen molar-refractivity contribution in [1.29, 1.82) is 0 Å². The summed E-state index contributed by atoms with van der Waals surface area (Å²) in [5, 5.41) is 11.6. The number of nitrogens with one attached hydrogen (secondary N) is 1. The molecule has 0 saturated heterocycles. The Bertz CT molecular complexity index is 1020. The van der Waals surface area contributed by atoms with Gasteiger partial charge in [0.15, 0.2) is 5.78 Å². The third-order valence-electron chi connectivity index (χ3n) is 4.87. The maximum Gasteiger partial charge on any atom is 0.249 e. The SMILES string of the molecule is CC(=O)c1ccc(Nc2ccc(C(C)(C)F)cc2)c(-c2nnc(C3CC3)o2)c1. The van der Waals surface area contributed by atoms with Crippen molar-refractivity contribution < 1.29 is 13.6 Å². The Labute approximate surface area is 163 Å². The summed E-state index contributed by atoms with van der Waals surface area (Å²) >= 11 is 0. The third-order valence-corrected chi connectivity index (χ3v) is 4.87. The number of hydrogen-bond acceptors (Lipinski definition) is 5. The second-order valence-corrected chi connectivity index (χ2v) is 7.71. The van der Waals surface area contributed by atoms with Crippen LogP contribution in [0.3, 0.4) is 0 Å². The zero-order valence-corrected chi connectivity index (χ0v) is 16.1. The molecule has 1 saturated carbocycles. The molecule has 2 aromatic carbocycles. The van der Waals surface area contributed by atoms with Gasteiger partial charge in [-0.3, -0.25) is 4.79 Å². The van der Waals surface area contributed by atoms with Gasteiger partial charge in [-0.1, -0.05) is 12.1 Å². The van der Waals surface area contributed by atoms with Crippen LogP contribution >= 0.6 is 0 Å². The average Bonchev–Trinajstić information content (AvgIpc) is 3.39. The molecular formula is C22H22FN3O2. The van der Waals surface area contributed by atoms with Gasteiger partial charge < -0.3 is 9.73 Å². The molecule has 1 aliphatic rings. The summed E-state index contributed by atoms with van der Waals surface area (Å²) < 4.78 is 19.9. The van der Waals surface area contributed by atoms with Crippen LogP contribution in [-0.2, 0) is 5.67 Å². The average molecular weight is 379 g/mol. The van der Waals surface area contributed by atoms with E-state index < -0.39 is 5.67 Å². The second-order valence-electron chi connectivity index (χ2n) is 7.71. The summed E-state index contributed by atoms with van der Waals surface area (Å²) in [4.78, 5) is 11.8. The Morgan fingerprint density at radius 3 is 2.46 bits per heavy atom. The Balaban J connectivity index is 1.68. The third kappa shape index (κ3) is 3.81. The molecule has 0 atom stereocenters. The van der Waals surface area contributed by atoms with Crippen molar-refractivity contribution in [2.75, 3.05) is 5.32 Å². The minimum absolute atomic E-state index is 0.0377. The number of hydrogen-bond donors (Lipinski definition) is 1. The van der Waals surface area contributed by atoms with Gasteiger partial charge >= 0.3 is 0 Å². The fourth-order valence-corrected chi connectivity index (χ4v) is 2.99. The Morgan fingerprint density at radius 2 is 1.86 bits per heavy atom. The topological polar surface area (TPSA) is 68.0 Å². The largest absolute Gasteiger partial charge is 0.420 e. The Hall–Kier alpha value is -3.02. The van der Waals surface area contributed by atoms with Crippen LogP contribution in [0.1, 0.15) is 61.3 Å². The highest BCUT2D eigenvalue weighted by atomic mass is 19.1. The predicted octanol–water partition coefficient (Wildman–Crippen LogP) is 5.76. The van der Waals surface area contributed by atoms with E-state index in [1.807, 2.05) is 18.2 Å². The van der Waals surface area contributed by atoms with Crippen LogP contribution in [0.5, 0.6) is 0 Å². The van der Waals surface area contributed by atoms with Crippen LogP contribution in [0.25, 0.3) is 11.5 Å². The first-order valence-corrected chi connectivity index (χ1v) is 9.36. The molecule has 3 aromatic rings. The second kappa shape index (κ2) is 6.86. The summed E-state index contributed by atoms with van der Waals surface area (Å²) in [7, 11) is 0. The van der Waals surface area contributed by atoms with Crippen LogP contribution in [0.15, 0.2) is 46.9 Å². The van der Waals surface area contributed by atoms with Crippen molar-refractivity contribution in [3.05, 3.63) is 59.5 Å². The number of alkyl halides is 1. The summed E-state index contributed by atoms with van der Waals surface area (Å²) in [5.41, 5.74) is 1.99. The molecule has 6 heteroatoms. The lowest BCUT2D eigenvalue weighted by atomic mass is 10.00. The summed E-state index contributed by atoms with van der Waals surface area (Å²) in [5.74, 6) is 1.34. The van der Waals surface area contributed by atoms with Gasteiger partial charge in [0.1, 0.15) is 5.67 Å². The number of carbonyl (C=O) groups is 1. The fourth-order valence-electron chi connectivity index (χ4n) is 2.99. The molecule has 0 amide bonds. The predicted molar refractivity (Wildman–Crippen MR) is 106 cm³/mol. The fraction of sp³-hybridized carbons (Fsp3) is 0.318. The standard InChI is InChI=1S/C22H22FN3O2/c1-13(27)15-6-11-19(24-17-9-7-16(8-10-17)22(2,3)23)18(12-15)21-26-25-20(28-21)14-4-5-14/h6-12,14,24H,4-5H2,1-3H3. The molecular weight excluding hydrogens is 357 g/mol. The van der Waals surface area contributed by atoms with E-state index in [1.54, 1.807) is 24.3 Å². The number of Topliss-reactive ketones (excluding diaryl/α,β-unsaturated/α-hetero) is 1. The number of aromatic nitrogens is 2. The van der Waals surface area contributed by atoms with Gasteiger partial charge in [-0.15, -0.1) is 10.2 Å². The smallest absolute Gasteiger partial charge is 0.249 e. The molecule has 0 aliphatic heterocycles. The van der Waals surface area contributed by atoms with E-state index in [-0.39, 0.29) is 5.78 Å². The molecule has 1 heterocycles. The van der Waals surface area contributed by atoms with Crippen molar-refractivity contribution in [3.63, 3.8) is 0 Å². The minimum atomic E-state index is -1.39. The normalized spacial score (nSPS) is 14.1. The number of rotatable bonds is 6. The van der Waals surface area contributed by atoms with Crippen LogP contribution in [0.2, 0.25) is 0 Å². The first-order valence-electron chi connectivity index (χ1n) is 9.36. The molecule has 1 aromatic heterocycles. The first kappa shape index (κ1) is 18.3. The summed E-state index contributed by atoms with van der Waals surface area (Å²) in [6.07, 6.45) is 2.13. The highest BCUT2D eigenvalue weighted by Gasteiger charge is 2.30. The molecule has 1 aliphatic carbocycles. The Kier molecular flexibility index (Phi) is 4.49. The van der Waals surface area contributed by atoms with Crippen LogP contribution in [0.4, 0.5) is 15.8 Å². The molecule has 4 rings (SSSR count).